The van der Waals surface area contributed by atoms with E-state index in [1.165, 1.54) is 289 Å². The van der Waals surface area contributed by atoms with Crippen molar-refractivity contribution in [2.75, 3.05) is 6.61 Å². The molecule has 0 aliphatic carbocycles. The van der Waals surface area contributed by atoms with Gasteiger partial charge in [0.2, 0.25) is 5.91 Å². The van der Waals surface area contributed by atoms with E-state index in [4.69, 9.17) is 0 Å². The molecular formula is C59H119NO4. The van der Waals surface area contributed by atoms with E-state index in [2.05, 4.69) is 19.2 Å². The third kappa shape index (κ3) is 49.3. The van der Waals surface area contributed by atoms with Crippen LogP contribution in [-0.4, -0.2) is 46.1 Å². The first-order chi connectivity index (χ1) is 31.6. The van der Waals surface area contributed by atoms with E-state index in [-0.39, 0.29) is 6.61 Å². The van der Waals surface area contributed by atoms with Crippen molar-refractivity contribution in [3.05, 3.63) is 0 Å². The van der Waals surface area contributed by atoms with Gasteiger partial charge < -0.3 is 20.6 Å². The van der Waals surface area contributed by atoms with E-state index in [9.17, 15) is 20.1 Å². The fourth-order valence-corrected chi connectivity index (χ4v) is 9.84. The molecule has 0 rings (SSSR count). The number of rotatable bonds is 56. The highest BCUT2D eigenvalue weighted by atomic mass is 16.3. The van der Waals surface area contributed by atoms with Gasteiger partial charge in [-0.3, -0.25) is 4.79 Å². The van der Waals surface area contributed by atoms with Crippen LogP contribution in [0.1, 0.15) is 348 Å². The maximum Gasteiger partial charge on any atom is 0.249 e. The zero-order chi connectivity index (χ0) is 46.5. The number of hydrogen-bond acceptors (Lipinski definition) is 4. The molecule has 0 aliphatic rings. The molecule has 0 aromatic rings. The van der Waals surface area contributed by atoms with Crippen LogP contribution in [-0.2, 0) is 4.79 Å². The molecule has 0 aliphatic heterocycles. The molecule has 0 aromatic heterocycles. The number of aliphatic hydroxyl groups is 3. The van der Waals surface area contributed by atoms with Gasteiger partial charge in [0.25, 0.3) is 0 Å². The molecule has 0 fully saturated rings. The quantitative estimate of drug-likeness (QED) is 0.0458. The van der Waals surface area contributed by atoms with Gasteiger partial charge >= 0.3 is 0 Å². The molecule has 5 nitrogen and oxygen atoms in total. The Bertz CT molecular complexity index is 868. The van der Waals surface area contributed by atoms with E-state index in [1.807, 2.05) is 0 Å². The van der Waals surface area contributed by atoms with Gasteiger partial charge in [-0.2, -0.15) is 0 Å². The van der Waals surface area contributed by atoms with Crippen LogP contribution in [0.15, 0.2) is 0 Å². The van der Waals surface area contributed by atoms with Crippen LogP contribution < -0.4 is 5.32 Å². The normalized spacial score (nSPS) is 13.1. The Morgan fingerprint density at radius 1 is 0.312 bits per heavy atom. The number of carbonyl (C=O) groups is 1. The highest BCUT2D eigenvalue weighted by molar-refractivity contribution is 5.80. The van der Waals surface area contributed by atoms with E-state index in [0.29, 0.717) is 12.8 Å². The maximum absolute atomic E-state index is 12.6. The summed E-state index contributed by atoms with van der Waals surface area (Å²) in [7, 11) is 0. The molecule has 0 saturated carbocycles. The fraction of sp³-hybridized carbons (Fsp3) is 0.983. The molecule has 0 spiro atoms. The van der Waals surface area contributed by atoms with Crippen molar-refractivity contribution in [2.45, 2.75) is 366 Å². The number of hydrogen-bond donors (Lipinski definition) is 4. The Morgan fingerprint density at radius 3 is 0.703 bits per heavy atom. The Morgan fingerprint density at radius 2 is 0.500 bits per heavy atom. The number of nitrogens with one attached hydrogen (secondary N) is 1. The van der Waals surface area contributed by atoms with E-state index < -0.39 is 24.2 Å². The summed E-state index contributed by atoms with van der Waals surface area (Å²) in [6.45, 7) is 4.28. The third-order valence-corrected chi connectivity index (χ3v) is 14.5. The van der Waals surface area contributed by atoms with E-state index in [1.54, 1.807) is 0 Å². The number of amides is 1. The van der Waals surface area contributed by atoms with Crippen LogP contribution in [0.2, 0.25) is 0 Å². The van der Waals surface area contributed by atoms with Gasteiger partial charge in [-0.05, 0) is 12.8 Å². The molecule has 5 heteroatoms. The lowest BCUT2D eigenvalue weighted by atomic mass is 10.0. The molecule has 4 N–H and O–H groups in total. The number of aliphatic hydroxyl groups excluding tert-OH is 3. The highest BCUT2D eigenvalue weighted by Crippen LogP contribution is 2.19. The minimum Gasteiger partial charge on any atom is -0.394 e. The van der Waals surface area contributed by atoms with Gasteiger partial charge in [-0.1, -0.05) is 335 Å². The second-order valence-corrected chi connectivity index (χ2v) is 20.9. The zero-order valence-electron chi connectivity index (χ0n) is 44.0. The lowest BCUT2D eigenvalue weighted by Crippen LogP contribution is -2.49. The summed E-state index contributed by atoms with van der Waals surface area (Å²) in [5.41, 5.74) is 0. The Labute approximate surface area is 402 Å². The zero-order valence-corrected chi connectivity index (χ0v) is 44.0. The first-order valence-corrected chi connectivity index (χ1v) is 29.8. The summed E-state index contributed by atoms with van der Waals surface area (Å²) in [5, 5.41) is 33.6. The first-order valence-electron chi connectivity index (χ1n) is 29.8. The average Bonchev–Trinajstić information content (AvgIpc) is 3.30. The van der Waals surface area contributed by atoms with Crippen molar-refractivity contribution in [3.63, 3.8) is 0 Å². The average molecular weight is 907 g/mol. The molecule has 0 aromatic carbocycles. The van der Waals surface area contributed by atoms with Crippen molar-refractivity contribution in [2.24, 2.45) is 0 Å². The van der Waals surface area contributed by atoms with Crippen LogP contribution in [0.3, 0.4) is 0 Å². The number of carbonyl (C=O) groups excluding carboxylic acids is 1. The standard InChI is InChI=1S/C59H119NO4/c1-3-5-7-9-11-13-15-17-19-21-23-24-25-26-27-28-29-30-31-32-33-34-36-38-40-42-44-46-48-50-52-54-58(63)59(64)60-56(55-61)57(62)53-51-49-47-45-43-41-39-37-35-22-20-18-16-14-12-10-8-6-4-2/h56-58,61-63H,3-55H2,1-2H3,(H,60,64). The molecule has 3 atom stereocenters. The van der Waals surface area contributed by atoms with Crippen molar-refractivity contribution >= 4 is 5.91 Å². The smallest absolute Gasteiger partial charge is 0.249 e. The Kier molecular flexibility index (Phi) is 54.4. The van der Waals surface area contributed by atoms with Crippen LogP contribution in [0.5, 0.6) is 0 Å². The van der Waals surface area contributed by atoms with E-state index in [0.717, 1.165) is 32.1 Å². The minimum atomic E-state index is -1.07. The monoisotopic (exact) mass is 906 g/mol. The van der Waals surface area contributed by atoms with Crippen molar-refractivity contribution in [3.8, 4) is 0 Å². The van der Waals surface area contributed by atoms with Gasteiger partial charge in [0.05, 0.1) is 18.8 Å². The minimum absolute atomic E-state index is 0.307. The van der Waals surface area contributed by atoms with Gasteiger partial charge in [-0.15, -0.1) is 0 Å². The SMILES string of the molecule is CCCCCCCCCCCCCCCCCCCCCCCCCCCCCCCCCC(O)C(=O)NC(CO)C(O)CCCCCCCCCCCCCCCCCCCCC. The van der Waals surface area contributed by atoms with Crippen LogP contribution in [0, 0.1) is 0 Å². The molecule has 0 saturated heterocycles. The first kappa shape index (κ1) is 63.4. The molecule has 64 heavy (non-hydrogen) atoms. The highest BCUT2D eigenvalue weighted by Gasteiger charge is 2.23. The van der Waals surface area contributed by atoms with Crippen molar-refractivity contribution in [1.29, 1.82) is 0 Å². The summed E-state index contributed by atoms with van der Waals surface area (Å²) < 4.78 is 0. The summed E-state index contributed by atoms with van der Waals surface area (Å²) in [4.78, 5) is 12.6. The molecule has 0 bridgehead atoms. The van der Waals surface area contributed by atoms with Gasteiger partial charge in [0.1, 0.15) is 6.10 Å². The predicted octanol–water partition coefficient (Wildman–Crippen LogP) is 18.5. The topological polar surface area (TPSA) is 89.8 Å². The maximum atomic E-state index is 12.6. The van der Waals surface area contributed by atoms with Gasteiger partial charge in [0.15, 0.2) is 0 Å². The molecule has 0 radical (unpaired) electrons. The van der Waals surface area contributed by atoms with Crippen molar-refractivity contribution in [1.82, 2.24) is 5.32 Å². The molecule has 3 unspecified atom stereocenters. The summed E-state index contributed by atoms with van der Waals surface area (Å²) in [5.74, 6) is -0.461. The van der Waals surface area contributed by atoms with Crippen LogP contribution in [0.4, 0.5) is 0 Å². The third-order valence-electron chi connectivity index (χ3n) is 14.5. The summed E-state index contributed by atoms with van der Waals surface area (Å²) in [6.07, 6.45) is 67.4. The van der Waals surface area contributed by atoms with Crippen LogP contribution in [0.25, 0.3) is 0 Å². The lowest BCUT2D eigenvalue weighted by Gasteiger charge is -2.23. The predicted molar refractivity (Wildman–Crippen MR) is 282 cm³/mol. The largest absolute Gasteiger partial charge is 0.394 e. The summed E-state index contributed by atoms with van der Waals surface area (Å²) in [6, 6.07) is -0.707. The lowest BCUT2D eigenvalue weighted by molar-refractivity contribution is -0.131. The Hall–Kier alpha value is -0.650. The molecule has 1 amide bonds. The van der Waals surface area contributed by atoms with Gasteiger partial charge in [-0.25, -0.2) is 0 Å². The second kappa shape index (κ2) is 55.0. The van der Waals surface area contributed by atoms with Crippen molar-refractivity contribution < 1.29 is 20.1 Å². The fourth-order valence-electron chi connectivity index (χ4n) is 9.84. The van der Waals surface area contributed by atoms with Crippen LogP contribution >= 0.6 is 0 Å². The molecule has 384 valence electrons. The number of unbranched alkanes of at least 4 members (excludes halogenated alkanes) is 48. The van der Waals surface area contributed by atoms with E-state index >= 15 is 0 Å². The Balaban J connectivity index is 3.45. The molecule has 0 heterocycles. The van der Waals surface area contributed by atoms with Gasteiger partial charge in [0, 0.05) is 0 Å². The second-order valence-electron chi connectivity index (χ2n) is 20.9. The summed E-state index contributed by atoms with van der Waals surface area (Å²) >= 11 is 0. The molecular weight excluding hydrogens is 787 g/mol.